The van der Waals surface area contributed by atoms with Crippen LogP contribution in [0.25, 0.3) is 6.08 Å². The van der Waals surface area contributed by atoms with Gasteiger partial charge in [-0.3, -0.25) is 4.79 Å². The maximum absolute atomic E-state index is 11.8. The molecule has 0 fully saturated rings. The Morgan fingerprint density at radius 2 is 1.71 bits per heavy atom. The second kappa shape index (κ2) is 9.46. The number of carbonyl (C=O) groups is 1. The lowest BCUT2D eigenvalue weighted by atomic mass is 9.98. The maximum Gasteiger partial charge on any atom is 0.286 e. The minimum absolute atomic E-state index is 0.267. The summed E-state index contributed by atoms with van der Waals surface area (Å²) in [5, 5.41) is 0.267. The fourth-order valence-corrected chi connectivity index (χ4v) is 3.51. The summed E-state index contributed by atoms with van der Waals surface area (Å²) in [5.41, 5.74) is 7.63. The average Bonchev–Trinajstić information content (AvgIpc) is 3.03. The minimum atomic E-state index is -0.317. The number of hydrogen-bond acceptors (Lipinski definition) is 5. The Bertz CT molecular complexity index is 908. The number of benzene rings is 2. The minimum Gasteiger partial charge on any atom is -0.490 e. The number of nitrogens with zero attached hydrogens (tertiary/aromatic N) is 1. The van der Waals surface area contributed by atoms with Gasteiger partial charge in [0.25, 0.3) is 5.91 Å². The lowest BCUT2D eigenvalue weighted by molar-refractivity contribution is -0.113. The Labute approximate surface area is 169 Å². The van der Waals surface area contributed by atoms with Crippen molar-refractivity contribution in [2.75, 3.05) is 13.2 Å². The van der Waals surface area contributed by atoms with Gasteiger partial charge < -0.3 is 15.2 Å². The summed E-state index contributed by atoms with van der Waals surface area (Å²) < 4.78 is 11.9. The number of rotatable bonds is 8. The van der Waals surface area contributed by atoms with Gasteiger partial charge in [0.05, 0.1) is 4.91 Å². The van der Waals surface area contributed by atoms with Crippen LogP contribution in [-0.4, -0.2) is 24.3 Å². The van der Waals surface area contributed by atoms with Crippen molar-refractivity contribution < 1.29 is 14.3 Å². The lowest BCUT2D eigenvalue weighted by Crippen LogP contribution is -2.11. The van der Waals surface area contributed by atoms with Gasteiger partial charge in [0, 0.05) is 5.56 Å². The molecule has 0 aliphatic carbocycles. The van der Waals surface area contributed by atoms with Crippen molar-refractivity contribution in [3.05, 3.63) is 64.6 Å². The zero-order valence-electron chi connectivity index (χ0n) is 16.1. The van der Waals surface area contributed by atoms with E-state index in [1.165, 1.54) is 17.3 Å². The van der Waals surface area contributed by atoms with Gasteiger partial charge in [-0.25, -0.2) is 0 Å². The number of hydrogen-bond donors (Lipinski definition) is 1. The second-order valence-electron chi connectivity index (χ2n) is 6.45. The van der Waals surface area contributed by atoms with Crippen molar-refractivity contribution in [3.63, 3.8) is 0 Å². The summed E-state index contributed by atoms with van der Waals surface area (Å²) in [6, 6.07) is 15.7. The molecule has 1 atom stereocenters. The predicted molar refractivity (Wildman–Crippen MR) is 115 cm³/mol. The fourth-order valence-electron chi connectivity index (χ4n) is 2.84. The van der Waals surface area contributed by atoms with E-state index in [0.717, 1.165) is 17.7 Å². The van der Waals surface area contributed by atoms with Gasteiger partial charge >= 0.3 is 0 Å². The number of thioether (sulfide) groups is 1. The molecule has 5 nitrogen and oxygen atoms in total. The first-order valence-corrected chi connectivity index (χ1v) is 10.1. The van der Waals surface area contributed by atoms with Gasteiger partial charge in [-0.15, -0.1) is 0 Å². The van der Waals surface area contributed by atoms with Crippen LogP contribution in [0.4, 0.5) is 0 Å². The highest BCUT2D eigenvalue weighted by molar-refractivity contribution is 8.18. The predicted octanol–water partition coefficient (Wildman–Crippen LogP) is 4.59. The molecular formula is C22H24N2O3S. The molecule has 0 saturated carbocycles. The number of amides is 1. The molecule has 28 heavy (non-hydrogen) atoms. The quantitative estimate of drug-likeness (QED) is 0.522. The van der Waals surface area contributed by atoms with Crippen LogP contribution in [0.1, 0.15) is 37.3 Å². The van der Waals surface area contributed by atoms with E-state index in [-0.39, 0.29) is 11.1 Å². The number of amidine groups is 1. The zero-order chi connectivity index (χ0) is 19.9. The van der Waals surface area contributed by atoms with Gasteiger partial charge in [-0.1, -0.05) is 50.2 Å². The number of para-hydroxylation sites is 2. The Hall–Kier alpha value is -2.73. The third-order valence-electron chi connectivity index (χ3n) is 4.50. The number of nitrogens with two attached hydrogens (primary N) is 1. The zero-order valence-corrected chi connectivity index (χ0v) is 16.9. The van der Waals surface area contributed by atoms with Crippen molar-refractivity contribution in [1.29, 1.82) is 0 Å². The molecule has 1 aliphatic rings. The summed E-state index contributed by atoms with van der Waals surface area (Å²) in [6.07, 6.45) is 2.81. The van der Waals surface area contributed by atoms with Crippen LogP contribution < -0.4 is 15.2 Å². The molecule has 0 unspecified atom stereocenters. The first-order chi connectivity index (χ1) is 13.6. The van der Waals surface area contributed by atoms with Gasteiger partial charge in [-0.2, -0.15) is 4.99 Å². The molecule has 0 radical (unpaired) electrons. The monoisotopic (exact) mass is 396 g/mol. The van der Waals surface area contributed by atoms with E-state index in [1.54, 1.807) is 6.08 Å². The highest BCUT2D eigenvalue weighted by Gasteiger charge is 2.20. The molecule has 1 aliphatic heterocycles. The molecule has 0 spiro atoms. The molecule has 2 N–H and O–H groups in total. The number of ether oxygens (including phenoxy) is 2. The topological polar surface area (TPSA) is 73.9 Å². The Morgan fingerprint density at radius 3 is 2.39 bits per heavy atom. The lowest BCUT2D eigenvalue weighted by Gasteiger charge is -2.16. The van der Waals surface area contributed by atoms with Gasteiger partial charge in [0.1, 0.15) is 24.7 Å². The SMILES string of the molecule is CC[C@H](C)c1ccccc1OCCOc1ccccc1/C=C1\SC(N)=NC1=O. The molecular weight excluding hydrogens is 372 g/mol. The molecule has 0 saturated heterocycles. The van der Waals surface area contributed by atoms with E-state index in [4.69, 9.17) is 15.2 Å². The summed E-state index contributed by atoms with van der Waals surface area (Å²) >= 11 is 1.17. The van der Waals surface area contributed by atoms with Crippen LogP contribution in [0.15, 0.2) is 58.4 Å². The van der Waals surface area contributed by atoms with Crippen LogP contribution in [0.3, 0.4) is 0 Å². The molecule has 146 valence electrons. The third-order valence-corrected chi connectivity index (χ3v) is 5.32. The largest absolute Gasteiger partial charge is 0.490 e. The maximum atomic E-state index is 11.8. The van der Waals surface area contributed by atoms with E-state index in [0.29, 0.717) is 29.8 Å². The van der Waals surface area contributed by atoms with Crippen molar-refractivity contribution in [1.82, 2.24) is 0 Å². The normalized spacial score (nSPS) is 16.1. The summed E-state index contributed by atoms with van der Waals surface area (Å²) in [7, 11) is 0. The third kappa shape index (κ3) is 4.95. The first-order valence-electron chi connectivity index (χ1n) is 9.30. The molecule has 2 aromatic carbocycles. The van der Waals surface area contributed by atoms with E-state index in [1.807, 2.05) is 42.5 Å². The second-order valence-corrected chi connectivity index (χ2v) is 7.51. The molecule has 1 amide bonds. The molecule has 3 rings (SSSR count). The van der Waals surface area contributed by atoms with E-state index in [2.05, 4.69) is 24.9 Å². The van der Waals surface area contributed by atoms with E-state index >= 15 is 0 Å². The smallest absolute Gasteiger partial charge is 0.286 e. The summed E-state index contributed by atoms with van der Waals surface area (Å²) in [6.45, 7) is 5.19. The van der Waals surface area contributed by atoms with Crippen molar-refractivity contribution in [3.8, 4) is 11.5 Å². The summed E-state index contributed by atoms with van der Waals surface area (Å²) in [4.78, 5) is 16.0. The molecule has 6 heteroatoms. The number of aliphatic imine (C=N–C) groups is 1. The van der Waals surface area contributed by atoms with Crippen molar-refractivity contribution in [2.45, 2.75) is 26.2 Å². The van der Waals surface area contributed by atoms with Gasteiger partial charge in [-0.05, 0) is 47.9 Å². The van der Waals surface area contributed by atoms with Gasteiger partial charge in [0.2, 0.25) is 0 Å². The Kier molecular flexibility index (Phi) is 6.76. The van der Waals surface area contributed by atoms with Crippen LogP contribution in [0.2, 0.25) is 0 Å². The Balaban J connectivity index is 1.61. The summed E-state index contributed by atoms with van der Waals surface area (Å²) in [5.74, 6) is 1.71. The van der Waals surface area contributed by atoms with Crippen LogP contribution in [-0.2, 0) is 4.79 Å². The number of carbonyl (C=O) groups excluding carboxylic acids is 1. The van der Waals surface area contributed by atoms with E-state index < -0.39 is 0 Å². The van der Waals surface area contributed by atoms with Crippen molar-refractivity contribution >= 4 is 28.9 Å². The molecule has 1 heterocycles. The van der Waals surface area contributed by atoms with Crippen molar-refractivity contribution in [2.24, 2.45) is 10.7 Å². The first kappa shape index (κ1) is 20.0. The molecule has 0 bridgehead atoms. The fraction of sp³-hybridized carbons (Fsp3) is 0.273. The van der Waals surface area contributed by atoms with Gasteiger partial charge in [0.15, 0.2) is 5.17 Å². The van der Waals surface area contributed by atoms with Crippen LogP contribution >= 0.6 is 11.8 Å². The standard InChI is InChI=1S/C22H24N2O3S/c1-3-15(2)17-9-5-7-11-19(17)27-13-12-26-18-10-6-4-8-16(18)14-20-21(25)24-22(23)28-20/h4-11,14-15H,3,12-13H2,1-2H3,(H2,23,24,25)/b20-14-/t15-/m0/s1. The molecule has 0 aromatic heterocycles. The average molecular weight is 397 g/mol. The Morgan fingerprint density at radius 1 is 1.07 bits per heavy atom. The highest BCUT2D eigenvalue weighted by atomic mass is 32.2. The highest BCUT2D eigenvalue weighted by Crippen LogP contribution is 2.30. The van der Waals surface area contributed by atoms with Crippen LogP contribution in [0, 0.1) is 0 Å². The van der Waals surface area contributed by atoms with E-state index in [9.17, 15) is 4.79 Å². The molecule has 2 aromatic rings. The van der Waals surface area contributed by atoms with Crippen LogP contribution in [0.5, 0.6) is 11.5 Å².